The summed E-state index contributed by atoms with van der Waals surface area (Å²) >= 11 is 0. The predicted molar refractivity (Wildman–Crippen MR) is 73.7 cm³/mol. The van der Waals surface area contributed by atoms with Crippen molar-refractivity contribution in [2.75, 3.05) is 0 Å². The minimum absolute atomic E-state index is 0.709. The van der Waals surface area contributed by atoms with Crippen molar-refractivity contribution in [3.8, 4) is 0 Å². The zero-order valence-corrected chi connectivity index (χ0v) is 10.9. The van der Waals surface area contributed by atoms with E-state index in [4.69, 9.17) is 4.98 Å². The standard InChI is InChI=1S/C16H20N2/c1-2-10-4-6-14-15(9-10)18-16(17-14)13-8-11-3-5-12(13)7-11/h4,6,9,11-13H,2-3,5,7-8H2,1H3,(H,17,18). The van der Waals surface area contributed by atoms with Crippen LogP contribution < -0.4 is 0 Å². The molecule has 1 heterocycles. The van der Waals surface area contributed by atoms with Gasteiger partial charge in [-0.25, -0.2) is 4.98 Å². The molecular formula is C16H20N2. The van der Waals surface area contributed by atoms with E-state index in [1.165, 1.54) is 42.6 Å². The van der Waals surface area contributed by atoms with Crippen molar-refractivity contribution >= 4 is 11.0 Å². The Kier molecular flexibility index (Phi) is 2.26. The topological polar surface area (TPSA) is 28.7 Å². The van der Waals surface area contributed by atoms with Crippen molar-refractivity contribution in [3.63, 3.8) is 0 Å². The molecule has 1 aromatic heterocycles. The summed E-state index contributed by atoms with van der Waals surface area (Å²) in [6.45, 7) is 2.20. The lowest BCUT2D eigenvalue weighted by Crippen LogP contribution is -2.09. The molecule has 0 amide bonds. The molecule has 2 bridgehead atoms. The Bertz CT molecular complexity index is 584. The smallest absolute Gasteiger partial charge is 0.110 e. The Balaban J connectivity index is 1.73. The summed E-state index contributed by atoms with van der Waals surface area (Å²) in [4.78, 5) is 8.42. The third-order valence-electron chi connectivity index (χ3n) is 5.06. The number of hydrogen-bond acceptors (Lipinski definition) is 1. The number of fused-ring (bicyclic) bond motifs is 3. The Hall–Kier alpha value is -1.31. The number of rotatable bonds is 2. The first-order chi connectivity index (χ1) is 8.83. The van der Waals surface area contributed by atoms with Crippen molar-refractivity contribution < 1.29 is 0 Å². The van der Waals surface area contributed by atoms with E-state index >= 15 is 0 Å². The van der Waals surface area contributed by atoms with E-state index in [-0.39, 0.29) is 0 Å². The summed E-state index contributed by atoms with van der Waals surface area (Å²) in [5.74, 6) is 3.85. The Morgan fingerprint density at radius 2 is 2.22 bits per heavy atom. The highest BCUT2D eigenvalue weighted by atomic mass is 14.9. The molecule has 0 radical (unpaired) electrons. The van der Waals surface area contributed by atoms with E-state index in [0.717, 1.165) is 23.8 Å². The normalized spacial score (nSPS) is 30.4. The largest absolute Gasteiger partial charge is 0.342 e. The minimum atomic E-state index is 0.709. The number of aryl methyl sites for hydroxylation is 1. The fourth-order valence-electron chi connectivity index (χ4n) is 4.05. The van der Waals surface area contributed by atoms with Crippen LogP contribution in [-0.4, -0.2) is 9.97 Å². The van der Waals surface area contributed by atoms with E-state index < -0.39 is 0 Å². The molecule has 2 aromatic rings. The van der Waals surface area contributed by atoms with Crippen LogP contribution in [0.1, 0.15) is 49.9 Å². The van der Waals surface area contributed by atoms with Gasteiger partial charge in [0, 0.05) is 5.92 Å². The van der Waals surface area contributed by atoms with E-state index in [9.17, 15) is 0 Å². The maximum Gasteiger partial charge on any atom is 0.110 e. The van der Waals surface area contributed by atoms with Crippen LogP contribution in [0, 0.1) is 11.8 Å². The first-order valence-corrected chi connectivity index (χ1v) is 7.32. The molecule has 0 aliphatic heterocycles. The average Bonchev–Trinajstić information content (AvgIpc) is 3.11. The third-order valence-corrected chi connectivity index (χ3v) is 5.06. The van der Waals surface area contributed by atoms with Gasteiger partial charge in [-0.3, -0.25) is 0 Å². The molecule has 2 nitrogen and oxygen atoms in total. The molecule has 2 aliphatic rings. The second kappa shape index (κ2) is 3.84. The molecule has 3 atom stereocenters. The summed E-state index contributed by atoms with van der Waals surface area (Å²) in [7, 11) is 0. The molecule has 1 N–H and O–H groups in total. The highest BCUT2D eigenvalue weighted by Gasteiger charge is 2.41. The van der Waals surface area contributed by atoms with Gasteiger partial charge in [-0.2, -0.15) is 0 Å². The van der Waals surface area contributed by atoms with Gasteiger partial charge < -0.3 is 4.98 Å². The van der Waals surface area contributed by atoms with Gasteiger partial charge in [0.1, 0.15) is 5.82 Å². The van der Waals surface area contributed by atoms with Crippen LogP contribution in [-0.2, 0) is 6.42 Å². The molecule has 94 valence electrons. The number of nitrogens with zero attached hydrogens (tertiary/aromatic N) is 1. The summed E-state index contributed by atoms with van der Waals surface area (Å²) in [5, 5.41) is 0. The van der Waals surface area contributed by atoms with Gasteiger partial charge in [0.05, 0.1) is 11.0 Å². The fraction of sp³-hybridized carbons (Fsp3) is 0.562. The first-order valence-electron chi connectivity index (χ1n) is 7.32. The Morgan fingerprint density at radius 1 is 1.28 bits per heavy atom. The van der Waals surface area contributed by atoms with Gasteiger partial charge in [0.15, 0.2) is 0 Å². The highest BCUT2D eigenvalue weighted by molar-refractivity contribution is 5.76. The van der Waals surface area contributed by atoms with Gasteiger partial charge in [-0.1, -0.05) is 19.4 Å². The van der Waals surface area contributed by atoms with Crippen LogP contribution in [0.2, 0.25) is 0 Å². The highest BCUT2D eigenvalue weighted by Crippen LogP contribution is 2.52. The number of nitrogens with one attached hydrogen (secondary N) is 1. The summed E-state index contributed by atoms with van der Waals surface area (Å²) in [6.07, 6.45) is 6.79. The molecule has 2 fully saturated rings. The van der Waals surface area contributed by atoms with Crippen LogP contribution in [0.3, 0.4) is 0 Å². The lowest BCUT2D eigenvalue weighted by Gasteiger charge is -2.18. The first kappa shape index (κ1) is 10.6. The number of benzene rings is 1. The lowest BCUT2D eigenvalue weighted by molar-refractivity contribution is 0.408. The van der Waals surface area contributed by atoms with Crippen molar-refractivity contribution in [3.05, 3.63) is 29.6 Å². The van der Waals surface area contributed by atoms with Crippen LogP contribution in [0.15, 0.2) is 18.2 Å². The SMILES string of the molecule is CCc1ccc2nc(C3CC4CCC3C4)[nH]c2c1. The summed E-state index contributed by atoms with van der Waals surface area (Å²) in [6, 6.07) is 6.63. The zero-order valence-electron chi connectivity index (χ0n) is 10.9. The second-order valence-electron chi connectivity index (χ2n) is 6.11. The third kappa shape index (κ3) is 1.51. The molecule has 3 unspecified atom stereocenters. The average molecular weight is 240 g/mol. The lowest BCUT2D eigenvalue weighted by atomic mass is 9.88. The van der Waals surface area contributed by atoms with Gasteiger partial charge >= 0.3 is 0 Å². The number of hydrogen-bond donors (Lipinski definition) is 1. The molecule has 1 aromatic carbocycles. The second-order valence-corrected chi connectivity index (χ2v) is 6.11. The molecule has 2 saturated carbocycles. The van der Waals surface area contributed by atoms with E-state index in [2.05, 4.69) is 30.1 Å². The Labute approximate surface area is 108 Å². The Morgan fingerprint density at radius 3 is 2.94 bits per heavy atom. The molecule has 0 spiro atoms. The molecular weight excluding hydrogens is 220 g/mol. The number of H-pyrrole nitrogens is 1. The molecule has 0 saturated heterocycles. The number of aromatic nitrogens is 2. The molecule has 2 heteroatoms. The summed E-state index contributed by atoms with van der Waals surface area (Å²) < 4.78 is 0. The van der Waals surface area contributed by atoms with Gasteiger partial charge in [-0.05, 0) is 55.2 Å². The van der Waals surface area contributed by atoms with Crippen LogP contribution in [0.4, 0.5) is 0 Å². The maximum absolute atomic E-state index is 4.83. The maximum atomic E-state index is 4.83. The van der Waals surface area contributed by atoms with Crippen molar-refractivity contribution in [2.45, 2.75) is 44.9 Å². The van der Waals surface area contributed by atoms with Crippen molar-refractivity contribution in [1.29, 1.82) is 0 Å². The van der Waals surface area contributed by atoms with Gasteiger partial charge in [-0.15, -0.1) is 0 Å². The van der Waals surface area contributed by atoms with Crippen LogP contribution in [0.5, 0.6) is 0 Å². The van der Waals surface area contributed by atoms with E-state index in [0.29, 0.717) is 5.92 Å². The van der Waals surface area contributed by atoms with Crippen molar-refractivity contribution in [1.82, 2.24) is 9.97 Å². The summed E-state index contributed by atoms with van der Waals surface area (Å²) in [5.41, 5.74) is 3.77. The quantitative estimate of drug-likeness (QED) is 0.843. The minimum Gasteiger partial charge on any atom is -0.342 e. The molecule has 2 aliphatic carbocycles. The number of imidazole rings is 1. The van der Waals surface area contributed by atoms with E-state index in [1.807, 2.05) is 0 Å². The van der Waals surface area contributed by atoms with E-state index in [1.54, 1.807) is 0 Å². The van der Waals surface area contributed by atoms with Crippen LogP contribution in [0.25, 0.3) is 11.0 Å². The van der Waals surface area contributed by atoms with Crippen molar-refractivity contribution in [2.24, 2.45) is 11.8 Å². The zero-order chi connectivity index (χ0) is 12.1. The van der Waals surface area contributed by atoms with Gasteiger partial charge in [0.2, 0.25) is 0 Å². The fourth-order valence-corrected chi connectivity index (χ4v) is 4.05. The number of aromatic amines is 1. The molecule has 18 heavy (non-hydrogen) atoms. The van der Waals surface area contributed by atoms with Crippen LogP contribution >= 0.6 is 0 Å². The van der Waals surface area contributed by atoms with Gasteiger partial charge in [0.25, 0.3) is 0 Å². The monoisotopic (exact) mass is 240 g/mol. The predicted octanol–water partition coefficient (Wildman–Crippen LogP) is 4.03. The molecule has 4 rings (SSSR count).